The number of H-pyrrole nitrogens is 1. The predicted octanol–water partition coefficient (Wildman–Crippen LogP) is 2.66. The van der Waals surface area contributed by atoms with E-state index in [-0.39, 0.29) is 16.9 Å². The van der Waals surface area contributed by atoms with Crippen LogP contribution in [0.2, 0.25) is 0 Å². The number of amides is 1. The summed E-state index contributed by atoms with van der Waals surface area (Å²) in [6.07, 6.45) is 4.02. The minimum atomic E-state index is -1.04. The van der Waals surface area contributed by atoms with Crippen LogP contribution in [0.1, 0.15) is 40.0 Å². The van der Waals surface area contributed by atoms with Crippen molar-refractivity contribution in [3.8, 4) is 0 Å². The Bertz CT molecular complexity index is 1090. The van der Waals surface area contributed by atoms with E-state index in [9.17, 15) is 14.7 Å². The van der Waals surface area contributed by atoms with Gasteiger partial charge in [0.1, 0.15) is 11.2 Å². The van der Waals surface area contributed by atoms with E-state index in [1.807, 2.05) is 38.1 Å². The van der Waals surface area contributed by atoms with Crippen molar-refractivity contribution in [1.82, 2.24) is 14.9 Å². The SMILES string of the molecule is Cc1ccc(C2(O)CCN(C(=O)c3c[nH]c4c(C)cccc4c3=O)CC2)nc1. The van der Waals surface area contributed by atoms with Crippen molar-refractivity contribution in [1.29, 1.82) is 0 Å². The first kappa shape index (κ1) is 18.4. The number of pyridine rings is 2. The molecule has 2 aromatic heterocycles. The zero-order valence-electron chi connectivity index (χ0n) is 16.0. The minimum Gasteiger partial charge on any atom is -0.383 e. The molecule has 1 amide bonds. The summed E-state index contributed by atoms with van der Waals surface area (Å²) in [4.78, 5) is 34.8. The number of nitrogens with zero attached hydrogens (tertiary/aromatic N) is 2. The summed E-state index contributed by atoms with van der Waals surface area (Å²) in [5, 5.41) is 11.5. The van der Waals surface area contributed by atoms with Crippen LogP contribution in [0, 0.1) is 13.8 Å². The number of aromatic amines is 1. The topological polar surface area (TPSA) is 86.3 Å². The number of para-hydroxylation sites is 1. The molecule has 1 saturated heterocycles. The molecular formula is C22H23N3O3. The molecule has 0 bridgehead atoms. The van der Waals surface area contributed by atoms with Gasteiger partial charge in [-0.15, -0.1) is 0 Å². The Morgan fingerprint density at radius 3 is 2.61 bits per heavy atom. The fourth-order valence-corrected chi connectivity index (χ4v) is 3.81. The first-order valence-corrected chi connectivity index (χ1v) is 9.45. The Hall–Kier alpha value is -2.99. The van der Waals surface area contributed by atoms with Crippen molar-refractivity contribution in [3.05, 3.63) is 75.3 Å². The fourth-order valence-electron chi connectivity index (χ4n) is 3.81. The molecule has 0 atom stereocenters. The lowest BCUT2D eigenvalue weighted by Crippen LogP contribution is -2.46. The van der Waals surface area contributed by atoms with Gasteiger partial charge < -0.3 is 15.0 Å². The molecule has 3 heterocycles. The molecular weight excluding hydrogens is 354 g/mol. The van der Waals surface area contributed by atoms with Crippen LogP contribution < -0.4 is 5.43 Å². The molecule has 6 nitrogen and oxygen atoms in total. The Morgan fingerprint density at radius 1 is 1.18 bits per heavy atom. The van der Waals surface area contributed by atoms with Crippen LogP contribution in [0.4, 0.5) is 0 Å². The molecule has 0 unspecified atom stereocenters. The summed E-state index contributed by atoms with van der Waals surface area (Å²) in [6.45, 7) is 4.61. The summed E-state index contributed by atoms with van der Waals surface area (Å²) < 4.78 is 0. The fraction of sp³-hybridized carbons (Fsp3) is 0.318. The van der Waals surface area contributed by atoms with Crippen molar-refractivity contribution < 1.29 is 9.90 Å². The van der Waals surface area contributed by atoms with Gasteiger partial charge in [-0.3, -0.25) is 14.6 Å². The van der Waals surface area contributed by atoms with Crippen molar-refractivity contribution in [2.75, 3.05) is 13.1 Å². The van der Waals surface area contributed by atoms with E-state index in [0.29, 0.717) is 37.0 Å². The average molecular weight is 377 g/mol. The Morgan fingerprint density at radius 2 is 1.93 bits per heavy atom. The smallest absolute Gasteiger partial charge is 0.259 e. The second-order valence-corrected chi connectivity index (χ2v) is 7.57. The van der Waals surface area contributed by atoms with Crippen LogP contribution in [0.25, 0.3) is 10.9 Å². The van der Waals surface area contributed by atoms with E-state index in [4.69, 9.17) is 0 Å². The number of hydrogen-bond acceptors (Lipinski definition) is 4. The lowest BCUT2D eigenvalue weighted by atomic mass is 9.87. The molecule has 1 aliphatic rings. The highest BCUT2D eigenvalue weighted by Gasteiger charge is 2.37. The Balaban J connectivity index is 1.56. The molecule has 4 rings (SSSR count). The van der Waals surface area contributed by atoms with Gasteiger partial charge in [-0.25, -0.2) is 0 Å². The van der Waals surface area contributed by atoms with E-state index in [1.54, 1.807) is 17.2 Å². The third-order valence-corrected chi connectivity index (χ3v) is 5.62. The lowest BCUT2D eigenvalue weighted by molar-refractivity contribution is -0.0244. The molecule has 6 heteroatoms. The van der Waals surface area contributed by atoms with Gasteiger partial charge in [0.15, 0.2) is 0 Å². The predicted molar refractivity (Wildman–Crippen MR) is 107 cm³/mol. The number of benzene rings is 1. The van der Waals surface area contributed by atoms with Crippen LogP contribution in [0.3, 0.4) is 0 Å². The van der Waals surface area contributed by atoms with Gasteiger partial charge in [-0.1, -0.05) is 18.2 Å². The number of fused-ring (bicyclic) bond motifs is 1. The normalized spacial score (nSPS) is 16.3. The molecule has 0 radical (unpaired) electrons. The van der Waals surface area contributed by atoms with E-state index in [1.165, 1.54) is 6.20 Å². The first-order valence-electron chi connectivity index (χ1n) is 9.45. The molecule has 144 valence electrons. The summed E-state index contributed by atoms with van der Waals surface area (Å²) in [7, 11) is 0. The Kier molecular flexibility index (Phi) is 4.51. The van der Waals surface area contributed by atoms with E-state index >= 15 is 0 Å². The van der Waals surface area contributed by atoms with Gasteiger partial charge in [-0.05, 0) is 49.9 Å². The summed E-state index contributed by atoms with van der Waals surface area (Å²) in [5.41, 5.74) is 2.21. The van der Waals surface area contributed by atoms with Gasteiger partial charge in [0, 0.05) is 30.9 Å². The number of hydrogen-bond donors (Lipinski definition) is 2. The highest BCUT2D eigenvalue weighted by Crippen LogP contribution is 2.32. The van der Waals surface area contributed by atoms with Crippen LogP contribution in [0.15, 0.2) is 47.5 Å². The molecule has 2 N–H and O–H groups in total. The quantitative estimate of drug-likeness (QED) is 0.719. The van der Waals surface area contributed by atoms with Crippen molar-refractivity contribution >= 4 is 16.8 Å². The minimum absolute atomic E-state index is 0.136. The van der Waals surface area contributed by atoms with Gasteiger partial charge in [0.2, 0.25) is 5.43 Å². The monoisotopic (exact) mass is 377 g/mol. The zero-order chi connectivity index (χ0) is 19.9. The number of nitrogens with one attached hydrogen (secondary N) is 1. The maximum atomic E-state index is 13.0. The molecule has 1 fully saturated rings. The van der Waals surface area contributed by atoms with Crippen LogP contribution in [-0.2, 0) is 5.60 Å². The first-order chi connectivity index (χ1) is 13.4. The number of rotatable bonds is 2. The van der Waals surface area contributed by atoms with Crippen LogP contribution in [-0.4, -0.2) is 39.0 Å². The van der Waals surface area contributed by atoms with Gasteiger partial charge in [0.05, 0.1) is 11.2 Å². The lowest BCUT2D eigenvalue weighted by Gasteiger charge is -2.37. The molecule has 28 heavy (non-hydrogen) atoms. The maximum absolute atomic E-state index is 13.0. The highest BCUT2D eigenvalue weighted by molar-refractivity contribution is 5.97. The summed E-state index contributed by atoms with van der Waals surface area (Å²) >= 11 is 0. The second kappa shape index (κ2) is 6.87. The third-order valence-electron chi connectivity index (χ3n) is 5.62. The van der Waals surface area contributed by atoms with Gasteiger partial charge in [-0.2, -0.15) is 0 Å². The second-order valence-electron chi connectivity index (χ2n) is 7.57. The number of aryl methyl sites for hydroxylation is 2. The van der Waals surface area contributed by atoms with Crippen LogP contribution in [0.5, 0.6) is 0 Å². The van der Waals surface area contributed by atoms with E-state index < -0.39 is 5.60 Å². The van der Waals surface area contributed by atoms with Crippen LogP contribution >= 0.6 is 0 Å². The standard InChI is InChI=1S/C22H23N3O3/c1-14-6-7-18(23-12-14)22(28)8-10-25(11-9-22)21(27)17-13-24-19-15(2)4-3-5-16(19)20(17)26/h3-7,12-13,28H,8-11H2,1-2H3,(H,24,26). The summed E-state index contributed by atoms with van der Waals surface area (Å²) in [6, 6.07) is 9.23. The average Bonchev–Trinajstić information content (AvgIpc) is 2.69. The molecule has 0 saturated carbocycles. The molecule has 1 aromatic carbocycles. The molecule has 0 aliphatic carbocycles. The molecule has 0 spiro atoms. The van der Waals surface area contributed by atoms with Gasteiger partial charge >= 0.3 is 0 Å². The summed E-state index contributed by atoms with van der Waals surface area (Å²) in [5.74, 6) is -0.302. The largest absolute Gasteiger partial charge is 0.383 e. The highest BCUT2D eigenvalue weighted by atomic mass is 16.3. The third kappa shape index (κ3) is 3.10. The van der Waals surface area contributed by atoms with Gasteiger partial charge in [0.25, 0.3) is 5.91 Å². The number of aliphatic hydroxyl groups is 1. The zero-order valence-corrected chi connectivity index (χ0v) is 16.0. The number of carbonyl (C=O) groups excluding carboxylic acids is 1. The van der Waals surface area contributed by atoms with Crippen molar-refractivity contribution in [2.45, 2.75) is 32.3 Å². The van der Waals surface area contributed by atoms with Crippen molar-refractivity contribution in [2.24, 2.45) is 0 Å². The Labute approximate surface area is 162 Å². The number of aromatic nitrogens is 2. The number of piperidine rings is 1. The number of carbonyl (C=O) groups is 1. The number of likely N-dealkylation sites (tertiary alicyclic amines) is 1. The van der Waals surface area contributed by atoms with E-state index in [0.717, 1.165) is 16.6 Å². The van der Waals surface area contributed by atoms with Crippen molar-refractivity contribution in [3.63, 3.8) is 0 Å². The van der Waals surface area contributed by atoms with E-state index in [2.05, 4.69) is 9.97 Å². The molecule has 3 aromatic rings. The molecule has 1 aliphatic heterocycles. The maximum Gasteiger partial charge on any atom is 0.259 e.